The number of halogens is 3. The Bertz CT molecular complexity index is 3920. The van der Waals surface area contributed by atoms with Crippen LogP contribution >= 0.6 is 33.0 Å². The number of carbonyl (C=O) groups excluding carboxylic acids is 6. The van der Waals surface area contributed by atoms with Gasteiger partial charge in [0, 0.05) is 181 Å². The van der Waals surface area contributed by atoms with Crippen LogP contribution in [-0.2, 0) is 14.0 Å². The molecule has 21 nitrogen and oxygen atoms in total. The third-order valence-electron chi connectivity index (χ3n) is 15.9. The number of ether oxygens (including phenoxy) is 1. The summed E-state index contributed by atoms with van der Waals surface area (Å²) >= 11 is 5.36. The summed E-state index contributed by atoms with van der Waals surface area (Å²) in [5.41, 5.74) is 6.16. The number of para-hydroxylation sites is 3. The number of aromatic amines is 3. The Balaban J connectivity index is 0.000000165. The molecule has 9 aromatic rings. The highest BCUT2D eigenvalue weighted by Crippen LogP contribution is 2.25. The van der Waals surface area contributed by atoms with Gasteiger partial charge >= 0.3 is 12.1 Å². The lowest BCUT2D eigenvalue weighted by atomic mass is 10.1. The van der Waals surface area contributed by atoms with E-state index in [2.05, 4.69) is 52.3 Å². The molecule has 4 aliphatic rings. The minimum Gasteiger partial charge on any atom is -0.478 e. The SMILES string of the molecule is CC(C)(C)OC(=O)N1CCNCC1.CN(C(=O)c1c[nH]c2ccccc12)C1CCN(C(=O)c2ccccc2)C1.CNC1CCN(C(=O)c2ccccc2)C1.O=C(Cl)c1c[nH]c2ccccc12.O=C(O)c1c[nH]c2ccccc12.O=C(c1ccccc1)N1CCNCC1.O=S(Cl)Cl. The number of aromatic carboxylic acids is 1. The number of hydrogen-bond donors (Lipinski definition) is 7. The van der Waals surface area contributed by atoms with Crippen molar-refractivity contribution in [1.29, 1.82) is 0 Å². The van der Waals surface area contributed by atoms with Crippen molar-refractivity contribution in [3.63, 3.8) is 0 Å². The molecular weight excluding hydrogens is 1310 g/mol. The number of nitrogens with one attached hydrogen (secondary N) is 6. The third kappa shape index (κ3) is 22.4. The predicted molar refractivity (Wildman–Crippen MR) is 380 cm³/mol. The molecule has 0 saturated carbocycles. The van der Waals surface area contributed by atoms with E-state index in [4.69, 9.17) is 25.7 Å². The quantitative estimate of drug-likeness (QED) is 0.0699. The summed E-state index contributed by atoms with van der Waals surface area (Å²) in [6, 6.07) is 51.4. The van der Waals surface area contributed by atoms with Gasteiger partial charge < -0.3 is 65.2 Å². The minimum absolute atomic E-state index is 0.0125. The van der Waals surface area contributed by atoms with Crippen LogP contribution in [0, 0.1) is 0 Å². The number of piperazine rings is 2. The molecule has 2 atom stereocenters. The van der Waals surface area contributed by atoms with E-state index in [1.807, 2.05) is 207 Å². The van der Waals surface area contributed by atoms with E-state index in [0.717, 1.165) is 122 Å². The number of benzene rings is 6. The number of rotatable bonds is 8. The number of carbonyl (C=O) groups is 7. The van der Waals surface area contributed by atoms with Gasteiger partial charge in [0.05, 0.1) is 22.7 Å². The number of likely N-dealkylation sites (N-methyl/N-ethyl adjacent to an activating group) is 2. The second-order valence-electron chi connectivity index (χ2n) is 23.5. The first kappa shape index (κ1) is 74.5. The maximum Gasteiger partial charge on any atom is 0.410 e. The summed E-state index contributed by atoms with van der Waals surface area (Å²) in [6.07, 6.45) is 6.55. The maximum absolute atomic E-state index is 13.0. The highest BCUT2D eigenvalue weighted by atomic mass is 36.0. The van der Waals surface area contributed by atoms with E-state index in [-0.39, 0.29) is 41.4 Å². The number of amides is 5. The van der Waals surface area contributed by atoms with Crippen LogP contribution in [0.1, 0.15) is 95.8 Å². The molecule has 0 aliphatic carbocycles. The van der Waals surface area contributed by atoms with Crippen molar-refractivity contribution in [3.05, 3.63) is 216 Å². The number of nitrogens with zero attached hydrogens (tertiary/aromatic N) is 5. The van der Waals surface area contributed by atoms with Crippen LogP contribution < -0.4 is 16.0 Å². The zero-order chi connectivity index (χ0) is 69.2. The Morgan fingerprint density at radius 2 is 0.885 bits per heavy atom. The van der Waals surface area contributed by atoms with Gasteiger partial charge in [-0.1, -0.05) is 109 Å². The standard InChI is InChI=1S/C21H21N3O2.C12H16N2O.C11H14N2O.C9H6ClNO.C9H18N2O2.C9H7NO2.Cl2OS/c1-23(21(26)18-13-22-19-10-6-5-9-17(18)19)16-11-12-24(14-16)20(25)15-7-3-2-4-8-15;1-13-11-7-8-14(9-11)12(15)10-5-3-2-4-6-10;14-11(10-4-2-1-3-5-10)13-8-6-12-7-9-13;10-9(12)7-5-11-8-4-2-1-3-6(7)8;1-9(2,3)13-8(12)11-6-4-10-5-7-11;11-9(12)7-5-10-8-4-2-1-3-6(7)8;1-4(2)3/h2-10,13,16,22H,11-12,14H2,1H3;2-6,11,13H,7-9H2,1H3;1-5,12H,6-9H2;1-5,11H;10H,4-7H2,1-3H3;1-5,10H,(H,11,12);. The van der Waals surface area contributed by atoms with Crippen LogP contribution in [0.5, 0.6) is 0 Å². The minimum atomic E-state index is -1.67. The summed E-state index contributed by atoms with van der Waals surface area (Å²) in [5.74, 6) is -0.588. The molecular formula is C71H82Cl3N11O10S. The molecule has 4 saturated heterocycles. The lowest BCUT2D eigenvalue weighted by Gasteiger charge is -2.30. The lowest BCUT2D eigenvalue weighted by Crippen LogP contribution is -2.48. The molecule has 4 fully saturated rings. The summed E-state index contributed by atoms with van der Waals surface area (Å²) in [7, 11) is 11.1. The zero-order valence-electron chi connectivity index (χ0n) is 54.3. The van der Waals surface area contributed by atoms with Crippen molar-refractivity contribution in [2.75, 3.05) is 92.6 Å². The molecule has 7 N–H and O–H groups in total. The normalized spacial score (nSPS) is 15.7. The number of H-pyrrole nitrogens is 3. The number of carboxylic acids is 1. The fourth-order valence-corrected chi connectivity index (χ4v) is 11.0. The van der Waals surface area contributed by atoms with Gasteiger partial charge in [-0.3, -0.25) is 24.0 Å². The summed E-state index contributed by atoms with van der Waals surface area (Å²) in [6.45, 7) is 15.2. The topological polar surface area (TPSA) is 266 Å². The average molecular weight is 1390 g/mol. The Kier molecular flexibility index (Phi) is 29.1. The van der Waals surface area contributed by atoms with Gasteiger partial charge in [0.15, 0.2) is 0 Å². The number of fused-ring (bicyclic) bond motifs is 3. The van der Waals surface area contributed by atoms with Gasteiger partial charge in [0.1, 0.15) is 5.60 Å². The van der Waals surface area contributed by atoms with E-state index in [9.17, 15) is 33.6 Å². The van der Waals surface area contributed by atoms with E-state index in [1.165, 1.54) is 6.20 Å². The van der Waals surface area contributed by atoms with E-state index >= 15 is 0 Å². The molecule has 4 aliphatic heterocycles. The van der Waals surface area contributed by atoms with Crippen molar-refractivity contribution in [2.45, 2.75) is 51.3 Å². The molecule has 0 radical (unpaired) electrons. The van der Waals surface area contributed by atoms with E-state index < -0.39 is 20.4 Å². The monoisotopic (exact) mass is 1390 g/mol. The van der Waals surface area contributed by atoms with Crippen LogP contribution in [-0.4, -0.2) is 200 Å². The van der Waals surface area contributed by atoms with Crippen LogP contribution in [0.25, 0.3) is 32.7 Å². The third-order valence-corrected chi connectivity index (χ3v) is 16.1. The lowest BCUT2D eigenvalue weighted by molar-refractivity contribution is 0.0228. The highest BCUT2D eigenvalue weighted by molar-refractivity contribution is 8.26. The first-order chi connectivity index (χ1) is 46.1. The van der Waals surface area contributed by atoms with Crippen molar-refractivity contribution >= 4 is 116 Å². The first-order valence-corrected chi connectivity index (χ1v) is 34.5. The Morgan fingerprint density at radius 1 is 0.521 bits per heavy atom. The number of aromatic nitrogens is 3. The van der Waals surface area contributed by atoms with Crippen LogP contribution in [0.4, 0.5) is 4.79 Å². The van der Waals surface area contributed by atoms with Crippen molar-refractivity contribution in [1.82, 2.24) is 55.4 Å². The van der Waals surface area contributed by atoms with Crippen molar-refractivity contribution < 1.29 is 47.6 Å². The van der Waals surface area contributed by atoms with Crippen LogP contribution in [0.2, 0.25) is 0 Å². The van der Waals surface area contributed by atoms with Gasteiger partial charge in [-0.15, -0.1) is 0 Å². The smallest absolute Gasteiger partial charge is 0.410 e. The largest absolute Gasteiger partial charge is 0.478 e. The Hall–Kier alpha value is -8.87. The zero-order valence-corrected chi connectivity index (χ0v) is 57.4. The predicted octanol–water partition coefficient (Wildman–Crippen LogP) is 11.3. The molecule has 0 spiro atoms. The second-order valence-corrected chi connectivity index (χ2v) is 26.4. The second kappa shape index (κ2) is 37.4. The fourth-order valence-electron chi connectivity index (χ4n) is 10.8. The molecule has 3 aromatic heterocycles. The van der Waals surface area contributed by atoms with Crippen LogP contribution in [0.3, 0.4) is 0 Å². The molecule has 96 heavy (non-hydrogen) atoms. The number of likely N-dealkylation sites (tertiary alicyclic amines) is 2. The molecule has 7 heterocycles. The van der Waals surface area contributed by atoms with Gasteiger partial charge in [0.2, 0.25) is 9.23 Å². The Morgan fingerprint density at radius 3 is 1.30 bits per heavy atom. The van der Waals surface area contributed by atoms with Gasteiger partial charge in [-0.25, -0.2) is 13.8 Å². The molecule has 6 aromatic carbocycles. The average Bonchev–Trinajstić information content (AvgIpc) is 1.67. The van der Waals surface area contributed by atoms with Crippen LogP contribution in [0.15, 0.2) is 182 Å². The Labute approximate surface area is 575 Å². The first-order valence-electron chi connectivity index (χ1n) is 31.4. The summed E-state index contributed by atoms with van der Waals surface area (Å²) in [4.78, 5) is 101. The van der Waals surface area contributed by atoms with E-state index in [0.29, 0.717) is 41.4 Å². The van der Waals surface area contributed by atoms with Crippen molar-refractivity contribution in [2.24, 2.45) is 0 Å². The number of hydrogen-bond acceptors (Lipinski definition) is 12. The molecule has 13 rings (SSSR count). The van der Waals surface area contributed by atoms with Gasteiger partial charge in [-0.05, 0) is 107 Å². The molecule has 508 valence electrons. The maximum atomic E-state index is 13.0. The summed E-state index contributed by atoms with van der Waals surface area (Å²) < 4.78 is 14.3. The van der Waals surface area contributed by atoms with Gasteiger partial charge in [0.25, 0.3) is 28.9 Å². The van der Waals surface area contributed by atoms with E-state index in [1.54, 1.807) is 28.3 Å². The highest BCUT2D eigenvalue weighted by Gasteiger charge is 2.33. The van der Waals surface area contributed by atoms with Gasteiger partial charge in [-0.2, -0.15) is 0 Å². The molecule has 0 bridgehead atoms. The molecule has 5 amide bonds. The molecule has 2 unspecified atom stereocenters. The molecule has 25 heteroatoms. The van der Waals surface area contributed by atoms with Crippen molar-refractivity contribution in [3.8, 4) is 0 Å². The fraction of sp³-hybridized carbons (Fsp3) is 0.310. The summed E-state index contributed by atoms with van der Waals surface area (Å²) in [5, 5.41) is 20.5. The number of carboxylic acid groups (broad SMARTS) is 1.